The van der Waals surface area contributed by atoms with Gasteiger partial charge < -0.3 is 15.6 Å². The van der Waals surface area contributed by atoms with Gasteiger partial charge in [-0.15, -0.1) is 0 Å². The largest absolute Gasteiger partial charge is 0.506 e. The van der Waals surface area contributed by atoms with E-state index in [-0.39, 0.29) is 5.76 Å². The number of nitrogens with two attached hydrogens (primary N) is 1. The summed E-state index contributed by atoms with van der Waals surface area (Å²) < 4.78 is 5.96. The van der Waals surface area contributed by atoms with Gasteiger partial charge in [0, 0.05) is 13.0 Å². The van der Waals surface area contributed by atoms with Crippen LogP contribution in [-0.2, 0) is 4.74 Å². The summed E-state index contributed by atoms with van der Waals surface area (Å²) in [4.78, 5) is 0. The van der Waals surface area contributed by atoms with Crippen molar-refractivity contribution in [1.82, 2.24) is 0 Å². The number of rotatable bonds is 16. The van der Waals surface area contributed by atoms with E-state index in [9.17, 15) is 5.11 Å². The fourth-order valence-electron chi connectivity index (χ4n) is 3.55. The van der Waals surface area contributed by atoms with Gasteiger partial charge in [-0.25, -0.2) is 0 Å². The van der Waals surface area contributed by atoms with Gasteiger partial charge in [0.05, 0.1) is 11.3 Å². The number of unbranched alkanes of at least 4 members (excludes halogenated alkanes) is 13. The van der Waals surface area contributed by atoms with Crippen LogP contribution in [0.4, 0.5) is 0 Å². The Morgan fingerprint density at radius 1 is 0.885 bits per heavy atom. The molecule has 1 rings (SSSR count). The smallest absolute Gasteiger partial charge is 0.137 e. The van der Waals surface area contributed by atoms with Crippen molar-refractivity contribution in [3.8, 4) is 0 Å². The van der Waals surface area contributed by atoms with Crippen molar-refractivity contribution >= 4 is 0 Å². The van der Waals surface area contributed by atoms with Gasteiger partial charge in [-0.3, -0.25) is 0 Å². The molecule has 152 valence electrons. The van der Waals surface area contributed by atoms with E-state index in [0.29, 0.717) is 5.70 Å². The van der Waals surface area contributed by atoms with Gasteiger partial charge in [0.2, 0.25) is 0 Å². The van der Waals surface area contributed by atoms with E-state index in [1.807, 2.05) is 13.0 Å². The summed E-state index contributed by atoms with van der Waals surface area (Å²) >= 11 is 0. The number of aliphatic hydroxyl groups is 1. The summed E-state index contributed by atoms with van der Waals surface area (Å²) in [5, 5.41) is 9.73. The van der Waals surface area contributed by atoms with Crippen LogP contribution in [0.2, 0.25) is 0 Å². The standard InChI is InChI=1S/C23H43NO2/c1-3-4-5-6-7-8-9-10-11-12-13-14-15-16-19-26-23(2)18-17-21(24)22(25)20-23/h17,20,25H,3-16,18-19,24H2,1-2H3. The molecule has 0 aromatic heterocycles. The van der Waals surface area contributed by atoms with Crippen molar-refractivity contribution in [2.24, 2.45) is 5.73 Å². The van der Waals surface area contributed by atoms with Crippen molar-refractivity contribution in [1.29, 1.82) is 0 Å². The van der Waals surface area contributed by atoms with Crippen LogP contribution in [0.25, 0.3) is 0 Å². The van der Waals surface area contributed by atoms with Gasteiger partial charge >= 0.3 is 0 Å². The quantitative estimate of drug-likeness (QED) is 0.291. The van der Waals surface area contributed by atoms with E-state index < -0.39 is 5.60 Å². The summed E-state index contributed by atoms with van der Waals surface area (Å²) in [5.41, 5.74) is 5.73. The molecule has 0 spiro atoms. The van der Waals surface area contributed by atoms with Gasteiger partial charge in [-0.05, 0) is 19.4 Å². The fourth-order valence-corrected chi connectivity index (χ4v) is 3.55. The van der Waals surface area contributed by atoms with Crippen molar-refractivity contribution < 1.29 is 9.84 Å². The Kier molecular flexibility index (Phi) is 12.6. The van der Waals surface area contributed by atoms with E-state index in [0.717, 1.165) is 19.4 Å². The molecular weight excluding hydrogens is 322 g/mol. The highest BCUT2D eigenvalue weighted by molar-refractivity contribution is 5.29. The molecule has 26 heavy (non-hydrogen) atoms. The third-order valence-electron chi connectivity index (χ3n) is 5.39. The van der Waals surface area contributed by atoms with Gasteiger partial charge in [-0.1, -0.05) is 96.5 Å². The highest BCUT2D eigenvalue weighted by atomic mass is 16.5. The van der Waals surface area contributed by atoms with Crippen molar-refractivity contribution in [2.45, 2.75) is 116 Å². The van der Waals surface area contributed by atoms with Gasteiger partial charge in [0.1, 0.15) is 5.76 Å². The Hall–Kier alpha value is -0.960. The highest BCUT2D eigenvalue weighted by Gasteiger charge is 2.26. The molecule has 0 aromatic carbocycles. The van der Waals surface area contributed by atoms with Gasteiger partial charge in [0.25, 0.3) is 0 Å². The molecule has 0 saturated heterocycles. The average Bonchev–Trinajstić information content (AvgIpc) is 2.62. The molecule has 3 heteroatoms. The molecule has 0 fully saturated rings. The van der Waals surface area contributed by atoms with Gasteiger partial charge in [-0.2, -0.15) is 0 Å². The zero-order valence-corrected chi connectivity index (χ0v) is 17.4. The van der Waals surface area contributed by atoms with E-state index in [1.54, 1.807) is 6.08 Å². The zero-order valence-electron chi connectivity index (χ0n) is 17.4. The molecule has 0 saturated carbocycles. The lowest BCUT2D eigenvalue weighted by atomic mass is 9.95. The van der Waals surface area contributed by atoms with Crippen LogP contribution in [0, 0.1) is 0 Å². The predicted molar refractivity (Wildman–Crippen MR) is 112 cm³/mol. The molecule has 1 aliphatic rings. The van der Waals surface area contributed by atoms with Crippen LogP contribution in [0.1, 0.15) is 110 Å². The van der Waals surface area contributed by atoms with E-state index in [2.05, 4.69) is 6.92 Å². The second kappa shape index (κ2) is 14.1. The predicted octanol–water partition coefficient (Wildman–Crippen LogP) is 6.93. The number of ether oxygens (including phenoxy) is 1. The second-order valence-electron chi connectivity index (χ2n) is 8.15. The molecular formula is C23H43NO2. The zero-order chi connectivity index (χ0) is 19.1. The summed E-state index contributed by atoms with van der Waals surface area (Å²) in [6.07, 6.45) is 23.5. The van der Waals surface area contributed by atoms with Gasteiger partial charge in [0.15, 0.2) is 0 Å². The Morgan fingerprint density at radius 2 is 1.35 bits per heavy atom. The molecule has 0 amide bonds. The number of hydrogen-bond acceptors (Lipinski definition) is 3. The lowest BCUT2D eigenvalue weighted by molar-refractivity contribution is 0.00207. The molecule has 3 nitrogen and oxygen atoms in total. The van der Waals surface area contributed by atoms with Crippen LogP contribution >= 0.6 is 0 Å². The summed E-state index contributed by atoms with van der Waals surface area (Å²) in [6.45, 7) is 5.04. The van der Waals surface area contributed by atoms with Crippen LogP contribution in [0.3, 0.4) is 0 Å². The minimum absolute atomic E-state index is 0.153. The topological polar surface area (TPSA) is 55.5 Å². The average molecular weight is 366 g/mol. The normalized spacial score (nSPS) is 20.1. The molecule has 1 unspecified atom stereocenters. The van der Waals surface area contributed by atoms with Crippen LogP contribution in [0.5, 0.6) is 0 Å². The second-order valence-corrected chi connectivity index (χ2v) is 8.15. The molecule has 3 N–H and O–H groups in total. The first-order chi connectivity index (χ1) is 12.6. The first-order valence-corrected chi connectivity index (χ1v) is 11.1. The summed E-state index contributed by atoms with van der Waals surface area (Å²) in [5.74, 6) is 0.153. The minimum Gasteiger partial charge on any atom is -0.506 e. The molecule has 0 bridgehead atoms. The monoisotopic (exact) mass is 365 g/mol. The van der Waals surface area contributed by atoms with Crippen LogP contribution in [0.15, 0.2) is 23.6 Å². The van der Waals surface area contributed by atoms with Crippen LogP contribution in [-0.4, -0.2) is 17.3 Å². The first kappa shape index (κ1) is 23.1. The molecule has 0 aromatic rings. The lowest BCUT2D eigenvalue weighted by Crippen LogP contribution is -2.30. The maximum absolute atomic E-state index is 9.73. The molecule has 0 aliphatic heterocycles. The Morgan fingerprint density at radius 3 is 1.81 bits per heavy atom. The summed E-state index contributed by atoms with van der Waals surface area (Å²) in [7, 11) is 0. The van der Waals surface area contributed by atoms with Crippen molar-refractivity contribution in [3.05, 3.63) is 23.6 Å². The highest BCUT2D eigenvalue weighted by Crippen LogP contribution is 2.26. The van der Waals surface area contributed by atoms with E-state index in [1.165, 1.54) is 83.5 Å². The third-order valence-corrected chi connectivity index (χ3v) is 5.39. The Balaban J connectivity index is 1.84. The minimum atomic E-state index is -0.399. The maximum Gasteiger partial charge on any atom is 0.137 e. The molecule has 0 heterocycles. The number of aliphatic hydroxyl groups excluding tert-OH is 1. The third kappa shape index (κ3) is 10.9. The summed E-state index contributed by atoms with van der Waals surface area (Å²) in [6, 6.07) is 0. The van der Waals surface area contributed by atoms with Crippen molar-refractivity contribution in [2.75, 3.05) is 6.61 Å². The number of hydrogen-bond donors (Lipinski definition) is 2. The molecule has 0 radical (unpaired) electrons. The fraction of sp³-hybridized carbons (Fsp3) is 0.826. The molecule has 1 aliphatic carbocycles. The van der Waals surface area contributed by atoms with E-state index in [4.69, 9.17) is 10.5 Å². The van der Waals surface area contributed by atoms with Crippen LogP contribution < -0.4 is 5.73 Å². The Labute approximate surface area is 162 Å². The van der Waals surface area contributed by atoms with E-state index >= 15 is 0 Å². The molecule has 1 atom stereocenters. The maximum atomic E-state index is 9.73. The SMILES string of the molecule is CCCCCCCCCCCCCCCCOC1(C)C=C(O)C(N)=CC1. The lowest BCUT2D eigenvalue weighted by Gasteiger charge is -2.28. The van der Waals surface area contributed by atoms with Crippen molar-refractivity contribution in [3.63, 3.8) is 0 Å². The first-order valence-electron chi connectivity index (χ1n) is 11.1. The Bertz CT molecular complexity index is 416.